The average Bonchev–Trinajstić information content (AvgIpc) is 2.54. The number of thioether (sulfide) groups is 1. The van der Waals surface area contributed by atoms with Crippen molar-refractivity contribution in [3.05, 3.63) is 59.3 Å². The molecule has 5 heteroatoms. The van der Waals surface area contributed by atoms with Gasteiger partial charge in [0.05, 0.1) is 5.52 Å². The van der Waals surface area contributed by atoms with Crippen molar-refractivity contribution in [1.29, 1.82) is 0 Å². The van der Waals surface area contributed by atoms with E-state index < -0.39 is 0 Å². The zero-order valence-corrected chi connectivity index (χ0v) is 14.6. The van der Waals surface area contributed by atoms with Crippen molar-refractivity contribution in [2.45, 2.75) is 17.9 Å². The smallest absolute Gasteiger partial charge is 0.137 e. The van der Waals surface area contributed by atoms with E-state index in [9.17, 15) is 0 Å². The molecule has 22 heavy (non-hydrogen) atoms. The normalized spacial score (nSPS) is 12.3. The Balaban J connectivity index is 1.71. The van der Waals surface area contributed by atoms with Crippen LogP contribution in [0.15, 0.2) is 64.2 Å². The first-order valence-electron chi connectivity index (χ1n) is 7.07. The first-order chi connectivity index (χ1) is 10.7. The Bertz CT molecular complexity index is 764. The van der Waals surface area contributed by atoms with Gasteiger partial charge in [0.25, 0.3) is 0 Å². The van der Waals surface area contributed by atoms with E-state index in [1.54, 1.807) is 6.33 Å². The molecule has 0 amide bonds. The molecule has 1 unspecified atom stereocenters. The van der Waals surface area contributed by atoms with E-state index in [1.807, 2.05) is 30.0 Å². The van der Waals surface area contributed by atoms with Gasteiger partial charge in [-0.2, -0.15) is 0 Å². The third-order valence-corrected chi connectivity index (χ3v) is 4.99. The first kappa shape index (κ1) is 15.3. The third kappa shape index (κ3) is 3.78. The molecule has 0 saturated heterocycles. The predicted molar refractivity (Wildman–Crippen MR) is 97.5 cm³/mol. The van der Waals surface area contributed by atoms with Gasteiger partial charge in [-0.3, -0.25) is 0 Å². The number of nitrogens with one attached hydrogen (secondary N) is 1. The Labute approximate surface area is 142 Å². The summed E-state index contributed by atoms with van der Waals surface area (Å²) in [6, 6.07) is 16.8. The minimum absolute atomic E-state index is 0.308. The SMILES string of the molecule is CC(CSc1ccccc1)Nc1ncnc2ccc(Br)cc12. The molecule has 3 nitrogen and oxygen atoms in total. The van der Waals surface area contributed by atoms with Crippen LogP contribution in [0.1, 0.15) is 6.92 Å². The van der Waals surface area contributed by atoms with Gasteiger partial charge >= 0.3 is 0 Å². The highest BCUT2D eigenvalue weighted by Crippen LogP contribution is 2.25. The van der Waals surface area contributed by atoms with Crippen molar-refractivity contribution < 1.29 is 0 Å². The number of nitrogens with zero attached hydrogens (tertiary/aromatic N) is 2. The van der Waals surface area contributed by atoms with Crippen molar-refractivity contribution in [3.63, 3.8) is 0 Å². The third-order valence-electron chi connectivity index (χ3n) is 3.22. The van der Waals surface area contributed by atoms with Gasteiger partial charge in [0.15, 0.2) is 0 Å². The number of halogens is 1. The van der Waals surface area contributed by atoms with Gasteiger partial charge in [0.1, 0.15) is 12.1 Å². The Morgan fingerprint density at radius 3 is 2.77 bits per heavy atom. The van der Waals surface area contributed by atoms with Crippen LogP contribution in [0.3, 0.4) is 0 Å². The van der Waals surface area contributed by atoms with Crippen molar-refractivity contribution in [2.75, 3.05) is 11.1 Å². The fraction of sp³-hybridized carbons (Fsp3) is 0.176. The fourth-order valence-corrected chi connectivity index (χ4v) is 3.39. The lowest BCUT2D eigenvalue weighted by Gasteiger charge is -2.15. The molecule has 112 valence electrons. The van der Waals surface area contributed by atoms with Crippen LogP contribution in [0, 0.1) is 0 Å². The second-order valence-electron chi connectivity index (χ2n) is 5.05. The standard InChI is InChI=1S/C17H16BrN3S/c1-12(10-22-14-5-3-2-4-6-14)21-17-15-9-13(18)7-8-16(15)19-11-20-17/h2-9,11-12H,10H2,1H3,(H,19,20,21). The Hall–Kier alpha value is -1.59. The van der Waals surface area contributed by atoms with Gasteiger partial charge in [0, 0.05) is 26.5 Å². The van der Waals surface area contributed by atoms with E-state index in [4.69, 9.17) is 0 Å². The lowest BCUT2D eigenvalue weighted by atomic mass is 10.2. The first-order valence-corrected chi connectivity index (χ1v) is 8.85. The van der Waals surface area contributed by atoms with Crippen LogP contribution in [0.25, 0.3) is 10.9 Å². The molecule has 2 aromatic carbocycles. The molecule has 0 spiro atoms. The molecule has 3 aromatic rings. The summed E-state index contributed by atoms with van der Waals surface area (Å²) in [4.78, 5) is 9.98. The summed E-state index contributed by atoms with van der Waals surface area (Å²) in [5.41, 5.74) is 0.948. The number of hydrogen-bond acceptors (Lipinski definition) is 4. The molecule has 0 fully saturated rings. The van der Waals surface area contributed by atoms with E-state index in [0.717, 1.165) is 26.9 Å². The molecule has 3 rings (SSSR count). The maximum atomic E-state index is 4.39. The van der Waals surface area contributed by atoms with Crippen LogP contribution in [-0.2, 0) is 0 Å². The molecule has 1 N–H and O–H groups in total. The van der Waals surface area contributed by atoms with Gasteiger partial charge in [0.2, 0.25) is 0 Å². The van der Waals surface area contributed by atoms with E-state index in [0.29, 0.717) is 6.04 Å². The number of rotatable bonds is 5. The zero-order valence-electron chi connectivity index (χ0n) is 12.2. The average molecular weight is 374 g/mol. The summed E-state index contributed by atoms with van der Waals surface area (Å²) >= 11 is 5.35. The van der Waals surface area contributed by atoms with Gasteiger partial charge in [-0.1, -0.05) is 34.1 Å². The van der Waals surface area contributed by atoms with E-state index >= 15 is 0 Å². The topological polar surface area (TPSA) is 37.8 Å². The molecule has 1 heterocycles. The fourth-order valence-electron chi connectivity index (χ4n) is 2.16. The van der Waals surface area contributed by atoms with Gasteiger partial charge in [-0.15, -0.1) is 11.8 Å². The monoisotopic (exact) mass is 373 g/mol. The summed E-state index contributed by atoms with van der Waals surface area (Å²) in [7, 11) is 0. The highest BCUT2D eigenvalue weighted by atomic mass is 79.9. The summed E-state index contributed by atoms with van der Waals surface area (Å²) in [5, 5.41) is 4.53. The molecule has 0 bridgehead atoms. The molecule has 0 aliphatic heterocycles. The van der Waals surface area contributed by atoms with Crippen LogP contribution < -0.4 is 5.32 Å². The van der Waals surface area contributed by atoms with E-state index in [-0.39, 0.29) is 0 Å². The summed E-state index contributed by atoms with van der Waals surface area (Å²) in [6.07, 6.45) is 1.61. The van der Waals surface area contributed by atoms with Crippen LogP contribution in [0.4, 0.5) is 5.82 Å². The molecule has 0 saturated carbocycles. The second kappa shape index (κ2) is 7.11. The Morgan fingerprint density at radius 2 is 1.95 bits per heavy atom. The quantitative estimate of drug-likeness (QED) is 0.639. The van der Waals surface area contributed by atoms with Crippen LogP contribution in [0.5, 0.6) is 0 Å². The molecule has 1 aromatic heterocycles. The van der Waals surface area contributed by atoms with Gasteiger partial charge in [-0.25, -0.2) is 9.97 Å². The summed E-state index contributed by atoms with van der Waals surface area (Å²) in [5.74, 6) is 1.86. The van der Waals surface area contributed by atoms with Gasteiger partial charge in [-0.05, 0) is 37.3 Å². The maximum absolute atomic E-state index is 4.39. The zero-order chi connectivity index (χ0) is 15.4. The minimum Gasteiger partial charge on any atom is -0.366 e. The highest BCUT2D eigenvalue weighted by molar-refractivity contribution is 9.10. The largest absolute Gasteiger partial charge is 0.366 e. The lowest BCUT2D eigenvalue weighted by Crippen LogP contribution is -2.19. The molecule has 0 radical (unpaired) electrons. The summed E-state index contributed by atoms with van der Waals surface area (Å²) in [6.45, 7) is 2.17. The van der Waals surface area contributed by atoms with Crippen LogP contribution in [-0.4, -0.2) is 21.8 Å². The van der Waals surface area contributed by atoms with Crippen molar-refractivity contribution >= 4 is 44.4 Å². The molecular weight excluding hydrogens is 358 g/mol. The Morgan fingerprint density at radius 1 is 1.14 bits per heavy atom. The van der Waals surface area contributed by atoms with Crippen molar-refractivity contribution in [1.82, 2.24) is 9.97 Å². The van der Waals surface area contributed by atoms with E-state index in [1.165, 1.54) is 4.90 Å². The maximum Gasteiger partial charge on any atom is 0.137 e. The molecule has 0 aliphatic carbocycles. The highest BCUT2D eigenvalue weighted by Gasteiger charge is 2.08. The number of fused-ring (bicyclic) bond motifs is 1. The molecule has 1 atom stereocenters. The van der Waals surface area contributed by atoms with Crippen LogP contribution in [0.2, 0.25) is 0 Å². The number of anilines is 1. The molecule has 0 aliphatic rings. The van der Waals surface area contributed by atoms with Crippen molar-refractivity contribution in [2.24, 2.45) is 0 Å². The van der Waals surface area contributed by atoms with Crippen LogP contribution >= 0.6 is 27.7 Å². The lowest BCUT2D eigenvalue weighted by molar-refractivity contribution is 0.903. The number of hydrogen-bond donors (Lipinski definition) is 1. The summed E-state index contributed by atoms with van der Waals surface area (Å²) < 4.78 is 1.03. The van der Waals surface area contributed by atoms with E-state index in [2.05, 4.69) is 68.5 Å². The second-order valence-corrected chi connectivity index (χ2v) is 7.06. The number of aromatic nitrogens is 2. The minimum atomic E-state index is 0.308. The van der Waals surface area contributed by atoms with Gasteiger partial charge < -0.3 is 5.32 Å². The number of benzene rings is 2. The predicted octanol–water partition coefficient (Wildman–Crippen LogP) is 4.99. The molecular formula is C17H16BrN3S. The van der Waals surface area contributed by atoms with Crippen molar-refractivity contribution in [3.8, 4) is 0 Å². The Kier molecular flexibility index (Phi) is 4.95.